The number of hydrogen-bond acceptors (Lipinski definition) is 3. The molecule has 0 aromatic carbocycles. The highest BCUT2D eigenvalue weighted by Crippen LogP contribution is 2.06. The van der Waals surface area contributed by atoms with Crippen LogP contribution in [0.5, 0.6) is 0 Å². The zero-order valence-electron chi connectivity index (χ0n) is 10.8. The highest BCUT2D eigenvalue weighted by atomic mass is 32.2. The zero-order valence-corrected chi connectivity index (χ0v) is 11.6. The van der Waals surface area contributed by atoms with Crippen molar-refractivity contribution in [2.24, 2.45) is 5.92 Å². The van der Waals surface area contributed by atoms with E-state index in [-0.39, 0.29) is 11.7 Å². The first-order chi connectivity index (χ1) is 7.78. The maximum absolute atomic E-state index is 11.6. The summed E-state index contributed by atoms with van der Waals surface area (Å²) in [6.07, 6.45) is 2.42. The summed E-state index contributed by atoms with van der Waals surface area (Å²) in [5, 5.41) is 8.91. The molecule has 0 aliphatic rings. The Balaban J connectivity index is 4.37. The van der Waals surface area contributed by atoms with E-state index in [1.807, 2.05) is 20.8 Å². The van der Waals surface area contributed by atoms with Crippen LogP contribution in [0.4, 0.5) is 0 Å². The topological polar surface area (TPSA) is 83.5 Å². The van der Waals surface area contributed by atoms with Crippen LogP contribution in [-0.2, 0) is 14.8 Å². The average molecular weight is 265 g/mol. The molecule has 0 heterocycles. The summed E-state index contributed by atoms with van der Waals surface area (Å²) >= 11 is 0. The van der Waals surface area contributed by atoms with Gasteiger partial charge < -0.3 is 5.11 Å². The quantitative estimate of drug-likeness (QED) is 0.663. The SMILES string of the molecule is CCCCC(NS(=O)(=O)CCC(C)C)C(=O)O. The van der Waals surface area contributed by atoms with E-state index < -0.39 is 22.0 Å². The van der Waals surface area contributed by atoms with E-state index in [4.69, 9.17) is 5.11 Å². The van der Waals surface area contributed by atoms with Crippen LogP contribution in [0.3, 0.4) is 0 Å². The fourth-order valence-corrected chi connectivity index (χ4v) is 2.86. The number of unbranched alkanes of at least 4 members (excludes halogenated alkanes) is 1. The molecule has 6 heteroatoms. The molecule has 0 bridgehead atoms. The lowest BCUT2D eigenvalue weighted by molar-refractivity contribution is -0.139. The molecule has 0 radical (unpaired) electrons. The van der Waals surface area contributed by atoms with Crippen molar-refractivity contribution >= 4 is 16.0 Å². The molecule has 1 unspecified atom stereocenters. The summed E-state index contributed by atoms with van der Waals surface area (Å²) in [6, 6.07) is -0.993. The third-order valence-corrected chi connectivity index (χ3v) is 3.85. The van der Waals surface area contributed by atoms with E-state index in [9.17, 15) is 13.2 Å². The van der Waals surface area contributed by atoms with Gasteiger partial charge in [-0.2, -0.15) is 0 Å². The largest absolute Gasteiger partial charge is 0.480 e. The molecule has 1 atom stereocenters. The maximum Gasteiger partial charge on any atom is 0.321 e. The molecule has 0 amide bonds. The first-order valence-corrected chi connectivity index (χ1v) is 7.66. The van der Waals surface area contributed by atoms with Crippen LogP contribution in [0.2, 0.25) is 0 Å². The Hall–Kier alpha value is -0.620. The molecule has 5 nitrogen and oxygen atoms in total. The summed E-state index contributed by atoms with van der Waals surface area (Å²) < 4.78 is 25.5. The van der Waals surface area contributed by atoms with E-state index in [1.54, 1.807) is 0 Å². The number of carboxylic acid groups (broad SMARTS) is 1. The van der Waals surface area contributed by atoms with E-state index in [2.05, 4.69) is 4.72 Å². The van der Waals surface area contributed by atoms with Crippen LogP contribution in [-0.4, -0.2) is 31.3 Å². The molecule has 0 rings (SSSR count). The summed E-state index contributed by atoms with van der Waals surface area (Å²) in [4.78, 5) is 10.9. The summed E-state index contributed by atoms with van der Waals surface area (Å²) in [5.41, 5.74) is 0. The van der Waals surface area contributed by atoms with E-state index in [1.165, 1.54) is 0 Å². The minimum Gasteiger partial charge on any atom is -0.480 e. The molecule has 102 valence electrons. The Kier molecular flexibility index (Phi) is 7.38. The van der Waals surface area contributed by atoms with Crippen LogP contribution < -0.4 is 4.72 Å². The fraction of sp³-hybridized carbons (Fsp3) is 0.909. The van der Waals surface area contributed by atoms with Gasteiger partial charge in [-0.15, -0.1) is 0 Å². The third-order valence-electron chi connectivity index (χ3n) is 2.43. The molecule has 0 aromatic heterocycles. The standard InChI is InChI=1S/C11H23NO4S/c1-4-5-6-10(11(13)14)12-17(15,16)8-7-9(2)3/h9-10,12H,4-8H2,1-3H3,(H,13,14). The Morgan fingerprint density at radius 1 is 1.29 bits per heavy atom. The van der Waals surface area contributed by atoms with Gasteiger partial charge in [-0.3, -0.25) is 4.79 Å². The van der Waals surface area contributed by atoms with Gasteiger partial charge >= 0.3 is 5.97 Å². The molecule has 0 saturated carbocycles. The minimum absolute atomic E-state index is 0.0133. The average Bonchev–Trinajstić information content (AvgIpc) is 2.21. The lowest BCUT2D eigenvalue weighted by Crippen LogP contribution is -2.41. The van der Waals surface area contributed by atoms with Crippen molar-refractivity contribution in [3.05, 3.63) is 0 Å². The smallest absolute Gasteiger partial charge is 0.321 e. The zero-order chi connectivity index (χ0) is 13.5. The predicted molar refractivity (Wildman–Crippen MR) is 67.3 cm³/mol. The van der Waals surface area contributed by atoms with Gasteiger partial charge in [0.25, 0.3) is 0 Å². The molecular weight excluding hydrogens is 242 g/mol. The fourth-order valence-electron chi connectivity index (χ4n) is 1.31. The number of hydrogen-bond donors (Lipinski definition) is 2. The van der Waals surface area contributed by atoms with Crippen molar-refractivity contribution in [3.63, 3.8) is 0 Å². The van der Waals surface area contributed by atoms with Crippen LogP contribution >= 0.6 is 0 Å². The Morgan fingerprint density at radius 2 is 1.88 bits per heavy atom. The molecule has 0 fully saturated rings. The second kappa shape index (κ2) is 7.66. The summed E-state index contributed by atoms with van der Waals surface area (Å²) in [5.74, 6) is -0.835. The predicted octanol–water partition coefficient (Wildman–Crippen LogP) is 1.60. The monoisotopic (exact) mass is 265 g/mol. The second-order valence-electron chi connectivity index (χ2n) is 4.65. The van der Waals surface area contributed by atoms with Crippen molar-refractivity contribution in [2.45, 2.75) is 52.5 Å². The number of carboxylic acids is 1. The number of rotatable bonds is 9. The van der Waals surface area contributed by atoms with Crippen LogP contribution in [0.25, 0.3) is 0 Å². The normalized spacial score (nSPS) is 13.9. The van der Waals surface area contributed by atoms with E-state index >= 15 is 0 Å². The first-order valence-electron chi connectivity index (χ1n) is 6.01. The number of aliphatic carboxylic acids is 1. The van der Waals surface area contributed by atoms with Crippen molar-refractivity contribution in [1.29, 1.82) is 0 Å². The molecule has 2 N–H and O–H groups in total. The Morgan fingerprint density at radius 3 is 2.29 bits per heavy atom. The van der Waals surface area contributed by atoms with Crippen LogP contribution in [0.1, 0.15) is 46.5 Å². The molecule has 0 spiro atoms. The molecule has 0 aliphatic carbocycles. The second-order valence-corrected chi connectivity index (χ2v) is 6.53. The Labute approximate surface area is 104 Å². The van der Waals surface area contributed by atoms with Crippen molar-refractivity contribution < 1.29 is 18.3 Å². The van der Waals surface area contributed by atoms with Gasteiger partial charge in [0.15, 0.2) is 0 Å². The van der Waals surface area contributed by atoms with Crippen molar-refractivity contribution in [1.82, 2.24) is 4.72 Å². The molecule has 0 aliphatic heterocycles. The van der Waals surface area contributed by atoms with Crippen molar-refractivity contribution in [3.8, 4) is 0 Å². The molecular formula is C11H23NO4S. The highest BCUT2D eigenvalue weighted by molar-refractivity contribution is 7.89. The summed E-state index contributed by atoms with van der Waals surface area (Å²) in [7, 11) is -3.48. The van der Waals surface area contributed by atoms with E-state index in [0.29, 0.717) is 19.3 Å². The minimum atomic E-state index is -3.48. The summed E-state index contributed by atoms with van der Waals surface area (Å²) in [6.45, 7) is 5.80. The van der Waals surface area contributed by atoms with Gasteiger partial charge in [-0.25, -0.2) is 13.1 Å². The van der Waals surface area contributed by atoms with Gasteiger partial charge in [0, 0.05) is 0 Å². The Bertz CT molecular complexity index is 324. The number of nitrogens with one attached hydrogen (secondary N) is 1. The third kappa shape index (κ3) is 8.15. The van der Waals surface area contributed by atoms with Gasteiger partial charge in [-0.1, -0.05) is 33.6 Å². The first kappa shape index (κ1) is 16.4. The van der Waals surface area contributed by atoms with Gasteiger partial charge in [0.1, 0.15) is 6.04 Å². The molecule has 0 saturated heterocycles. The number of sulfonamides is 1. The maximum atomic E-state index is 11.6. The molecule has 0 aromatic rings. The van der Waals surface area contributed by atoms with Gasteiger partial charge in [-0.05, 0) is 18.8 Å². The van der Waals surface area contributed by atoms with Crippen LogP contribution in [0, 0.1) is 5.92 Å². The van der Waals surface area contributed by atoms with Crippen molar-refractivity contribution in [2.75, 3.05) is 5.75 Å². The lowest BCUT2D eigenvalue weighted by atomic mass is 10.1. The molecule has 17 heavy (non-hydrogen) atoms. The van der Waals surface area contributed by atoms with Gasteiger partial charge in [0.2, 0.25) is 10.0 Å². The van der Waals surface area contributed by atoms with Crippen LogP contribution in [0.15, 0.2) is 0 Å². The number of carbonyl (C=O) groups is 1. The van der Waals surface area contributed by atoms with E-state index in [0.717, 1.165) is 6.42 Å². The lowest BCUT2D eigenvalue weighted by Gasteiger charge is -2.14. The van der Waals surface area contributed by atoms with Gasteiger partial charge in [0.05, 0.1) is 5.75 Å². The highest BCUT2D eigenvalue weighted by Gasteiger charge is 2.23.